The molecule has 5 nitrogen and oxygen atoms in total. The summed E-state index contributed by atoms with van der Waals surface area (Å²) in [4.78, 5) is 4.11. The van der Waals surface area contributed by atoms with Crippen LogP contribution in [0.4, 0.5) is 8.78 Å². The monoisotopic (exact) mass is 277 g/mol. The van der Waals surface area contributed by atoms with Crippen LogP contribution in [0.25, 0.3) is 5.95 Å². The molecule has 0 bridgehead atoms. The Morgan fingerprint density at radius 3 is 3.00 bits per heavy atom. The molecule has 2 aromatic rings. The van der Waals surface area contributed by atoms with Crippen molar-refractivity contribution < 1.29 is 8.78 Å². The third kappa shape index (κ3) is 1.95. The standard InChI is InChI=1S/C13H13F2N5/c1-3-4-8(2)11-5-10(15)12-17-13(18-20(11)12)19-7-9(14)6-16-19/h3-4,6-7,10-11H,1,5H2,2H3/b8-4+/t10-,11-/m0/s1. The Labute approximate surface area is 114 Å². The van der Waals surface area contributed by atoms with E-state index in [0.717, 1.165) is 18.0 Å². The number of hydrogen-bond acceptors (Lipinski definition) is 3. The topological polar surface area (TPSA) is 48.5 Å². The molecule has 0 aromatic carbocycles. The molecule has 7 heteroatoms. The first-order chi connectivity index (χ1) is 9.60. The average molecular weight is 277 g/mol. The first-order valence-electron chi connectivity index (χ1n) is 6.20. The fourth-order valence-electron chi connectivity index (χ4n) is 2.35. The van der Waals surface area contributed by atoms with E-state index in [4.69, 9.17) is 0 Å². The van der Waals surface area contributed by atoms with Gasteiger partial charge in [-0.3, -0.25) is 0 Å². The molecule has 0 unspecified atom stereocenters. The van der Waals surface area contributed by atoms with E-state index in [1.807, 2.05) is 13.0 Å². The third-order valence-corrected chi connectivity index (χ3v) is 3.31. The van der Waals surface area contributed by atoms with E-state index in [9.17, 15) is 8.78 Å². The molecular formula is C13H13F2N5. The predicted octanol–water partition coefficient (Wildman–Crippen LogP) is 2.69. The van der Waals surface area contributed by atoms with Gasteiger partial charge in [0.25, 0.3) is 5.95 Å². The quantitative estimate of drug-likeness (QED) is 0.810. The van der Waals surface area contributed by atoms with Gasteiger partial charge < -0.3 is 0 Å². The van der Waals surface area contributed by atoms with Gasteiger partial charge in [0.05, 0.1) is 18.4 Å². The Morgan fingerprint density at radius 1 is 1.55 bits per heavy atom. The van der Waals surface area contributed by atoms with Gasteiger partial charge in [-0.05, 0) is 12.5 Å². The van der Waals surface area contributed by atoms with Gasteiger partial charge in [0.2, 0.25) is 0 Å². The lowest BCUT2D eigenvalue weighted by Crippen LogP contribution is -2.08. The van der Waals surface area contributed by atoms with Crippen LogP contribution in [0.15, 0.2) is 36.7 Å². The molecule has 0 saturated heterocycles. The number of allylic oxidation sites excluding steroid dienone is 3. The Morgan fingerprint density at radius 2 is 2.35 bits per heavy atom. The maximum atomic E-state index is 14.0. The van der Waals surface area contributed by atoms with Crippen molar-refractivity contribution in [3.63, 3.8) is 0 Å². The Hall–Kier alpha value is -2.31. The molecule has 0 saturated carbocycles. The summed E-state index contributed by atoms with van der Waals surface area (Å²) in [5, 5.41) is 8.01. The lowest BCUT2D eigenvalue weighted by molar-refractivity contribution is 0.327. The second-order valence-corrected chi connectivity index (χ2v) is 4.68. The van der Waals surface area contributed by atoms with Crippen molar-refractivity contribution in [1.29, 1.82) is 0 Å². The van der Waals surface area contributed by atoms with E-state index in [1.165, 1.54) is 9.36 Å². The Bertz CT molecular complexity index is 685. The number of fused-ring (bicyclic) bond motifs is 1. The van der Waals surface area contributed by atoms with Crippen LogP contribution >= 0.6 is 0 Å². The Balaban J connectivity index is 2.01. The van der Waals surface area contributed by atoms with Crippen molar-refractivity contribution in [2.45, 2.75) is 25.6 Å². The molecule has 20 heavy (non-hydrogen) atoms. The van der Waals surface area contributed by atoms with Crippen molar-refractivity contribution in [1.82, 2.24) is 24.5 Å². The lowest BCUT2D eigenvalue weighted by Gasteiger charge is -2.11. The summed E-state index contributed by atoms with van der Waals surface area (Å²) in [6, 6.07) is -0.195. The van der Waals surface area contributed by atoms with Gasteiger partial charge in [-0.15, -0.1) is 5.10 Å². The second-order valence-electron chi connectivity index (χ2n) is 4.68. The summed E-state index contributed by atoms with van der Waals surface area (Å²) in [5.74, 6) is -0.0728. The Kier molecular flexibility index (Phi) is 2.96. The summed E-state index contributed by atoms with van der Waals surface area (Å²) in [7, 11) is 0. The fraction of sp³-hybridized carbons (Fsp3) is 0.308. The molecule has 2 atom stereocenters. The van der Waals surface area contributed by atoms with Gasteiger partial charge in [-0.2, -0.15) is 10.1 Å². The maximum Gasteiger partial charge on any atom is 0.269 e. The zero-order chi connectivity index (χ0) is 14.3. The summed E-state index contributed by atoms with van der Waals surface area (Å²) in [5.41, 5.74) is 0.949. The molecule has 0 fully saturated rings. The maximum absolute atomic E-state index is 14.0. The summed E-state index contributed by atoms with van der Waals surface area (Å²) in [6.07, 6.45) is 4.80. The highest BCUT2D eigenvalue weighted by atomic mass is 19.1. The molecule has 3 heterocycles. The second kappa shape index (κ2) is 4.66. The third-order valence-electron chi connectivity index (χ3n) is 3.31. The molecule has 2 aromatic heterocycles. The highest BCUT2D eigenvalue weighted by molar-refractivity contribution is 5.22. The molecular weight excluding hydrogens is 264 g/mol. The van der Waals surface area contributed by atoms with E-state index >= 15 is 0 Å². The highest BCUT2D eigenvalue weighted by Crippen LogP contribution is 2.39. The van der Waals surface area contributed by atoms with Crippen molar-refractivity contribution in [2.75, 3.05) is 0 Å². The van der Waals surface area contributed by atoms with Gasteiger partial charge >= 0.3 is 0 Å². The summed E-state index contributed by atoms with van der Waals surface area (Å²) >= 11 is 0. The molecule has 0 spiro atoms. The van der Waals surface area contributed by atoms with Crippen LogP contribution in [0, 0.1) is 5.82 Å². The van der Waals surface area contributed by atoms with Gasteiger partial charge in [0.1, 0.15) is 0 Å². The molecule has 0 amide bonds. The van der Waals surface area contributed by atoms with Crippen LogP contribution in [0.1, 0.15) is 31.4 Å². The normalized spacial score (nSPS) is 22.1. The zero-order valence-electron chi connectivity index (χ0n) is 10.9. The smallest absolute Gasteiger partial charge is 0.239 e. The van der Waals surface area contributed by atoms with Crippen LogP contribution in [-0.4, -0.2) is 24.5 Å². The minimum absolute atomic E-state index is 0.169. The van der Waals surface area contributed by atoms with Crippen LogP contribution in [0.2, 0.25) is 0 Å². The van der Waals surface area contributed by atoms with Gasteiger partial charge in [0.15, 0.2) is 17.8 Å². The number of alkyl halides is 1. The summed E-state index contributed by atoms with van der Waals surface area (Å²) < 4.78 is 29.7. The molecule has 0 aliphatic carbocycles. The van der Waals surface area contributed by atoms with Gasteiger partial charge in [-0.25, -0.2) is 18.1 Å². The van der Waals surface area contributed by atoms with Gasteiger partial charge in [-0.1, -0.05) is 18.7 Å². The molecule has 104 valence electrons. The fourth-order valence-corrected chi connectivity index (χ4v) is 2.35. The van der Waals surface area contributed by atoms with Gasteiger partial charge in [0, 0.05) is 6.42 Å². The van der Waals surface area contributed by atoms with E-state index in [1.54, 1.807) is 6.08 Å². The number of rotatable bonds is 3. The average Bonchev–Trinajstić information content (AvgIpc) is 3.06. The SMILES string of the molecule is C=C/C=C(\C)[C@@H]1C[C@H](F)c2nc(-n3cc(F)cn3)nn21. The number of aromatic nitrogens is 5. The zero-order valence-corrected chi connectivity index (χ0v) is 10.9. The van der Waals surface area contributed by atoms with E-state index in [0.29, 0.717) is 6.42 Å². The minimum atomic E-state index is -1.19. The largest absolute Gasteiger partial charge is 0.269 e. The number of halogens is 2. The minimum Gasteiger partial charge on any atom is -0.239 e. The van der Waals surface area contributed by atoms with E-state index < -0.39 is 12.0 Å². The first kappa shape index (κ1) is 12.7. The van der Waals surface area contributed by atoms with Crippen molar-refractivity contribution in [3.8, 4) is 5.95 Å². The highest BCUT2D eigenvalue weighted by Gasteiger charge is 2.35. The lowest BCUT2D eigenvalue weighted by atomic mass is 10.1. The van der Waals surface area contributed by atoms with Crippen LogP contribution in [0.3, 0.4) is 0 Å². The van der Waals surface area contributed by atoms with Crippen molar-refractivity contribution >= 4 is 0 Å². The number of hydrogen-bond donors (Lipinski definition) is 0. The molecule has 1 aliphatic rings. The van der Waals surface area contributed by atoms with E-state index in [-0.39, 0.29) is 17.8 Å². The summed E-state index contributed by atoms with van der Waals surface area (Å²) in [6.45, 7) is 5.52. The molecule has 0 N–H and O–H groups in total. The predicted molar refractivity (Wildman–Crippen MR) is 68.6 cm³/mol. The van der Waals surface area contributed by atoms with Crippen molar-refractivity contribution in [2.24, 2.45) is 0 Å². The van der Waals surface area contributed by atoms with Crippen LogP contribution < -0.4 is 0 Å². The molecule has 3 rings (SSSR count). The first-order valence-corrected chi connectivity index (χ1v) is 6.20. The molecule has 1 aliphatic heterocycles. The van der Waals surface area contributed by atoms with Crippen molar-refractivity contribution in [3.05, 3.63) is 48.3 Å². The van der Waals surface area contributed by atoms with Crippen LogP contribution in [0.5, 0.6) is 0 Å². The number of nitrogens with zero attached hydrogens (tertiary/aromatic N) is 5. The van der Waals surface area contributed by atoms with E-state index in [2.05, 4.69) is 21.8 Å². The molecule has 0 radical (unpaired) electrons. The van der Waals surface area contributed by atoms with Crippen LogP contribution in [-0.2, 0) is 0 Å².